The lowest BCUT2D eigenvalue weighted by Crippen LogP contribution is -2.63. The molecule has 1 saturated carbocycles. The molecule has 29 heavy (non-hydrogen) atoms. The standard InChI is InChI=1S/C26H49N3/c1-24(2,3)21-9-13-26(14-10-21)19-28(20-26)22-11-16-27(17-12-22)23-8-7-15-29(18-23)25(4,5)6/h21-23H,7-20H2,1-6H3. The van der Waals surface area contributed by atoms with Crippen LogP contribution >= 0.6 is 0 Å². The summed E-state index contributed by atoms with van der Waals surface area (Å²) >= 11 is 0. The van der Waals surface area contributed by atoms with E-state index in [1.165, 1.54) is 90.6 Å². The van der Waals surface area contributed by atoms with E-state index in [4.69, 9.17) is 0 Å². The van der Waals surface area contributed by atoms with Gasteiger partial charge in [0, 0.05) is 37.3 Å². The molecule has 1 atom stereocenters. The Labute approximate surface area is 181 Å². The molecule has 0 aromatic rings. The maximum absolute atomic E-state index is 2.87. The summed E-state index contributed by atoms with van der Waals surface area (Å²) in [5.74, 6) is 0.952. The Morgan fingerprint density at radius 2 is 1.31 bits per heavy atom. The highest BCUT2D eigenvalue weighted by molar-refractivity contribution is 5.02. The molecule has 0 aromatic heterocycles. The van der Waals surface area contributed by atoms with Crippen LogP contribution in [0.3, 0.4) is 0 Å². The van der Waals surface area contributed by atoms with E-state index in [1.807, 2.05) is 0 Å². The van der Waals surface area contributed by atoms with E-state index in [2.05, 4.69) is 56.2 Å². The summed E-state index contributed by atoms with van der Waals surface area (Å²) in [6.07, 6.45) is 11.6. The highest BCUT2D eigenvalue weighted by Crippen LogP contribution is 2.50. The molecule has 1 aliphatic carbocycles. The molecular weight excluding hydrogens is 354 g/mol. The minimum Gasteiger partial charge on any atom is -0.299 e. The van der Waals surface area contributed by atoms with E-state index in [0.29, 0.717) is 16.4 Å². The minimum atomic E-state index is 0.328. The van der Waals surface area contributed by atoms with Gasteiger partial charge in [0.15, 0.2) is 0 Å². The van der Waals surface area contributed by atoms with Crippen LogP contribution in [-0.4, -0.2) is 71.6 Å². The molecule has 3 heteroatoms. The van der Waals surface area contributed by atoms with Crippen LogP contribution in [0.1, 0.15) is 92.9 Å². The van der Waals surface area contributed by atoms with E-state index >= 15 is 0 Å². The smallest absolute Gasteiger partial charge is 0.0223 e. The first-order valence-electron chi connectivity index (χ1n) is 12.8. The van der Waals surface area contributed by atoms with Gasteiger partial charge < -0.3 is 0 Å². The summed E-state index contributed by atoms with van der Waals surface area (Å²) in [5, 5.41) is 0. The lowest BCUT2D eigenvalue weighted by molar-refractivity contribution is -0.0858. The van der Waals surface area contributed by atoms with Gasteiger partial charge in [0.05, 0.1) is 0 Å². The van der Waals surface area contributed by atoms with Crippen LogP contribution in [0.25, 0.3) is 0 Å². The van der Waals surface area contributed by atoms with Gasteiger partial charge in [-0.25, -0.2) is 0 Å². The molecular formula is C26H49N3. The molecule has 4 aliphatic rings. The van der Waals surface area contributed by atoms with E-state index in [0.717, 1.165) is 18.0 Å². The average molecular weight is 404 g/mol. The third kappa shape index (κ3) is 4.88. The zero-order valence-corrected chi connectivity index (χ0v) is 20.5. The zero-order valence-electron chi connectivity index (χ0n) is 20.5. The predicted molar refractivity (Wildman–Crippen MR) is 124 cm³/mol. The molecule has 0 radical (unpaired) electrons. The molecule has 3 nitrogen and oxygen atoms in total. The zero-order chi connectivity index (χ0) is 20.9. The molecule has 168 valence electrons. The molecule has 1 unspecified atom stereocenters. The number of hydrogen-bond donors (Lipinski definition) is 0. The Kier molecular flexibility index (Phi) is 6.17. The fourth-order valence-electron chi connectivity index (χ4n) is 6.96. The summed E-state index contributed by atoms with van der Waals surface area (Å²) in [6, 6.07) is 1.68. The Bertz CT molecular complexity index is 533. The van der Waals surface area contributed by atoms with Gasteiger partial charge in [0.2, 0.25) is 0 Å². The van der Waals surface area contributed by atoms with Crippen LogP contribution in [-0.2, 0) is 0 Å². The topological polar surface area (TPSA) is 9.72 Å². The highest BCUT2D eigenvalue weighted by Gasteiger charge is 2.48. The molecule has 0 N–H and O–H groups in total. The minimum absolute atomic E-state index is 0.328. The molecule has 0 amide bonds. The number of hydrogen-bond acceptors (Lipinski definition) is 3. The van der Waals surface area contributed by atoms with Crippen molar-refractivity contribution in [1.82, 2.24) is 14.7 Å². The molecule has 4 rings (SSSR count). The second kappa shape index (κ2) is 8.10. The second-order valence-corrected chi connectivity index (χ2v) is 13.2. The Hall–Kier alpha value is -0.120. The van der Waals surface area contributed by atoms with E-state index in [1.54, 1.807) is 0 Å². The largest absolute Gasteiger partial charge is 0.299 e. The van der Waals surface area contributed by atoms with Crippen LogP contribution in [0.15, 0.2) is 0 Å². The lowest BCUT2D eigenvalue weighted by atomic mass is 9.61. The van der Waals surface area contributed by atoms with Gasteiger partial charge in [0.25, 0.3) is 0 Å². The molecule has 3 heterocycles. The van der Waals surface area contributed by atoms with Crippen molar-refractivity contribution >= 4 is 0 Å². The first kappa shape index (κ1) is 22.1. The van der Waals surface area contributed by atoms with Crippen LogP contribution in [0.5, 0.6) is 0 Å². The van der Waals surface area contributed by atoms with Gasteiger partial charge >= 0.3 is 0 Å². The van der Waals surface area contributed by atoms with Gasteiger partial charge in [-0.05, 0) is 109 Å². The molecule has 3 saturated heterocycles. The van der Waals surface area contributed by atoms with E-state index in [9.17, 15) is 0 Å². The van der Waals surface area contributed by atoms with Gasteiger partial charge in [0.1, 0.15) is 0 Å². The van der Waals surface area contributed by atoms with Gasteiger partial charge in [-0.2, -0.15) is 0 Å². The van der Waals surface area contributed by atoms with Crippen molar-refractivity contribution in [3.8, 4) is 0 Å². The maximum atomic E-state index is 2.87. The molecule has 1 spiro atoms. The van der Waals surface area contributed by atoms with Crippen LogP contribution in [0.4, 0.5) is 0 Å². The fraction of sp³-hybridized carbons (Fsp3) is 1.00. The number of likely N-dealkylation sites (tertiary alicyclic amines) is 3. The third-order valence-electron chi connectivity index (χ3n) is 9.23. The van der Waals surface area contributed by atoms with Crippen molar-refractivity contribution < 1.29 is 0 Å². The van der Waals surface area contributed by atoms with Crippen molar-refractivity contribution in [2.24, 2.45) is 16.7 Å². The van der Waals surface area contributed by atoms with Gasteiger partial charge in [-0.3, -0.25) is 14.7 Å². The van der Waals surface area contributed by atoms with Crippen molar-refractivity contribution in [3.63, 3.8) is 0 Å². The number of rotatable bonds is 2. The van der Waals surface area contributed by atoms with Crippen molar-refractivity contribution in [3.05, 3.63) is 0 Å². The van der Waals surface area contributed by atoms with Crippen molar-refractivity contribution in [1.29, 1.82) is 0 Å². The number of piperidine rings is 2. The van der Waals surface area contributed by atoms with E-state index in [-0.39, 0.29) is 0 Å². The first-order valence-corrected chi connectivity index (χ1v) is 12.8. The Balaban J connectivity index is 1.21. The van der Waals surface area contributed by atoms with Crippen LogP contribution < -0.4 is 0 Å². The predicted octanol–water partition coefficient (Wildman–Crippen LogP) is 5.25. The number of nitrogens with zero attached hydrogens (tertiary/aromatic N) is 3. The van der Waals surface area contributed by atoms with Crippen LogP contribution in [0, 0.1) is 16.7 Å². The third-order valence-corrected chi connectivity index (χ3v) is 9.23. The Morgan fingerprint density at radius 3 is 1.86 bits per heavy atom. The molecule has 4 fully saturated rings. The van der Waals surface area contributed by atoms with Gasteiger partial charge in [-0.1, -0.05) is 20.8 Å². The Morgan fingerprint density at radius 1 is 0.690 bits per heavy atom. The fourth-order valence-corrected chi connectivity index (χ4v) is 6.96. The quantitative estimate of drug-likeness (QED) is 0.623. The molecule has 0 aromatic carbocycles. The summed E-state index contributed by atoms with van der Waals surface area (Å²) in [6.45, 7) is 22.6. The van der Waals surface area contributed by atoms with Crippen molar-refractivity contribution in [2.45, 2.75) is 111 Å². The van der Waals surface area contributed by atoms with Gasteiger partial charge in [-0.15, -0.1) is 0 Å². The molecule has 3 aliphatic heterocycles. The maximum Gasteiger partial charge on any atom is 0.0223 e. The lowest BCUT2D eigenvalue weighted by Gasteiger charge is -2.58. The summed E-state index contributed by atoms with van der Waals surface area (Å²) < 4.78 is 0. The second-order valence-electron chi connectivity index (χ2n) is 13.2. The molecule has 0 bridgehead atoms. The summed E-state index contributed by atoms with van der Waals surface area (Å²) in [4.78, 5) is 8.44. The average Bonchev–Trinajstić information content (AvgIpc) is 2.65. The summed E-state index contributed by atoms with van der Waals surface area (Å²) in [7, 11) is 0. The first-order chi connectivity index (χ1) is 13.6. The van der Waals surface area contributed by atoms with E-state index < -0.39 is 0 Å². The SMILES string of the molecule is CC(C)(C)C1CCC2(CC1)CN(C1CCN(C3CCCN(C(C)(C)C)C3)CC1)C2. The summed E-state index contributed by atoms with van der Waals surface area (Å²) in [5.41, 5.74) is 1.55. The highest BCUT2D eigenvalue weighted by atomic mass is 15.3. The van der Waals surface area contributed by atoms with Crippen molar-refractivity contribution in [2.75, 3.05) is 39.3 Å². The monoisotopic (exact) mass is 403 g/mol. The normalized spacial score (nSPS) is 31.9. The van der Waals surface area contributed by atoms with Crippen LogP contribution in [0.2, 0.25) is 0 Å².